The minimum atomic E-state index is -0.351. The fraction of sp³-hybridized carbons (Fsp3) is 0.192. The topological polar surface area (TPSA) is 106 Å². The third-order valence-electron chi connectivity index (χ3n) is 4.83. The quantitative estimate of drug-likeness (QED) is 0.279. The van der Waals surface area contributed by atoms with Crippen molar-refractivity contribution in [2.45, 2.75) is 19.8 Å². The molecule has 8 heteroatoms. The summed E-state index contributed by atoms with van der Waals surface area (Å²) in [7, 11) is 1.51. The molecule has 0 saturated carbocycles. The number of ketones is 1. The summed E-state index contributed by atoms with van der Waals surface area (Å²) in [5, 5.41) is 8.30. The third-order valence-corrected chi connectivity index (χ3v) is 4.83. The predicted molar refractivity (Wildman–Crippen MR) is 132 cm³/mol. The van der Waals surface area contributed by atoms with Gasteiger partial charge in [-0.25, -0.2) is 4.79 Å². The molecule has 34 heavy (non-hydrogen) atoms. The number of anilines is 3. The molecule has 8 nitrogen and oxygen atoms in total. The van der Waals surface area contributed by atoms with Gasteiger partial charge in [-0.1, -0.05) is 18.2 Å². The van der Waals surface area contributed by atoms with E-state index in [2.05, 4.69) is 16.0 Å². The number of Topliss-reactive ketones (excluding diaryl/α,β-unsaturated/α-hetero) is 1. The van der Waals surface area contributed by atoms with Crippen molar-refractivity contribution in [1.29, 1.82) is 0 Å². The Morgan fingerprint density at radius 3 is 2.00 bits per heavy atom. The van der Waals surface area contributed by atoms with Crippen LogP contribution in [0.4, 0.5) is 21.9 Å². The lowest BCUT2D eigenvalue weighted by Crippen LogP contribution is -2.19. The van der Waals surface area contributed by atoms with Crippen LogP contribution in [0.1, 0.15) is 30.1 Å². The van der Waals surface area contributed by atoms with Gasteiger partial charge >= 0.3 is 6.03 Å². The Morgan fingerprint density at radius 1 is 0.765 bits per heavy atom. The smallest absolute Gasteiger partial charge is 0.323 e. The molecule has 0 aromatic heterocycles. The Labute approximate surface area is 198 Å². The van der Waals surface area contributed by atoms with Crippen molar-refractivity contribution in [3.05, 3.63) is 78.4 Å². The summed E-state index contributed by atoms with van der Waals surface area (Å²) in [6, 6.07) is 20.6. The molecular weight excluding hydrogens is 434 g/mol. The van der Waals surface area contributed by atoms with Gasteiger partial charge in [-0.15, -0.1) is 0 Å². The van der Waals surface area contributed by atoms with Crippen LogP contribution in [0.5, 0.6) is 11.5 Å². The molecular formula is C26H27N3O5. The van der Waals surface area contributed by atoms with E-state index >= 15 is 0 Å². The number of para-hydroxylation sites is 1. The van der Waals surface area contributed by atoms with Gasteiger partial charge in [0.15, 0.2) is 17.3 Å². The molecule has 0 bridgehead atoms. The second kappa shape index (κ2) is 12.1. The summed E-state index contributed by atoms with van der Waals surface area (Å²) in [5.74, 6) is 0.793. The Morgan fingerprint density at radius 2 is 1.38 bits per heavy atom. The van der Waals surface area contributed by atoms with Gasteiger partial charge in [0.2, 0.25) is 5.91 Å². The number of ether oxygens (including phenoxy) is 2. The lowest BCUT2D eigenvalue weighted by molar-refractivity contribution is -0.116. The zero-order valence-corrected chi connectivity index (χ0v) is 19.1. The Bertz CT molecular complexity index is 1130. The van der Waals surface area contributed by atoms with Crippen molar-refractivity contribution >= 4 is 34.8 Å². The van der Waals surface area contributed by atoms with Gasteiger partial charge in [0.05, 0.1) is 13.7 Å². The van der Waals surface area contributed by atoms with Crippen LogP contribution >= 0.6 is 0 Å². The first-order valence-corrected chi connectivity index (χ1v) is 10.8. The predicted octanol–water partition coefficient (Wildman–Crippen LogP) is 5.34. The molecule has 3 aromatic rings. The lowest BCUT2D eigenvalue weighted by Gasteiger charge is -2.12. The summed E-state index contributed by atoms with van der Waals surface area (Å²) in [6.45, 7) is 1.81. The summed E-state index contributed by atoms with van der Waals surface area (Å²) in [5.41, 5.74) is 2.46. The summed E-state index contributed by atoms with van der Waals surface area (Å²) >= 11 is 0. The highest BCUT2D eigenvalue weighted by molar-refractivity contribution is 6.00. The minimum Gasteiger partial charge on any atom is -0.493 e. The average Bonchev–Trinajstić information content (AvgIpc) is 2.83. The maximum absolute atomic E-state index is 12.2. The molecule has 0 radical (unpaired) electrons. The Hall–Kier alpha value is -4.33. The zero-order chi connectivity index (χ0) is 24.3. The highest BCUT2D eigenvalue weighted by Gasteiger charge is 2.09. The molecule has 3 amide bonds. The summed E-state index contributed by atoms with van der Waals surface area (Å²) in [6.07, 6.45) is 0.774. The van der Waals surface area contributed by atoms with E-state index in [1.54, 1.807) is 54.6 Å². The maximum atomic E-state index is 12.2. The zero-order valence-electron chi connectivity index (χ0n) is 19.1. The molecule has 3 N–H and O–H groups in total. The van der Waals surface area contributed by atoms with E-state index in [0.717, 1.165) is 0 Å². The standard InChI is InChI=1S/C26H27N3O5/c1-18(30)19-10-15-23(24(17-19)33-2)34-16-6-9-25(31)27-21-11-13-22(14-12-21)29-26(32)28-20-7-4-3-5-8-20/h3-5,7-8,10-15,17H,6,9,16H2,1-2H3,(H,27,31)(H2,28,29,32). The van der Waals surface area contributed by atoms with Crippen LogP contribution in [-0.2, 0) is 4.79 Å². The van der Waals surface area contributed by atoms with Gasteiger partial charge in [0.25, 0.3) is 0 Å². The maximum Gasteiger partial charge on any atom is 0.323 e. The number of hydrogen-bond acceptors (Lipinski definition) is 5. The van der Waals surface area contributed by atoms with Crippen molar-refractivity contribution in [3.63, 3.8) is 0 Å². The van der Waals surface area contributed by atoms with Crippen molar-refractivity contribution in [2.24, 2.45) is 0 Å². The van der Waals surface area contributed by atoms with Gasteiger partial charge in [0, 0.05) is 29.0 Å². The molecule has 0 atom stereocenters. The van der Waals surface area contributed by atoms with Crippen molar-refractivity contribution in [1.82, 2.24) is 0 Å². The number of carbonyl (C=O) groups is 3. The van der Waals surface area contributed by atoms with Crippen molar-refractivity contribution in [3.8, 4) is 11.5 Å². The van der Waals surface area contributed by atoms with Gasteiger partial charge < -0.3 is 25.4 Å². The molecule has 0 aliphatic heterocycles. The van der Waals surface area contributed by atoms with Crippen LogP contribution in [0.3, 0.4) is 0 Å². The number of methoxy groups -OCH3 is 1. The number of hydrogen-bond donors (Lipinski definition) is 3. The molecule has 0 heterocycles. The van der Waals surface area contributed by atoms with E-state index in [9.17, 15) is 14.4 Å². The highest BCUT2D eigenvalue weighted by atomic mass is 16.5. The van der Waals surface area contributed by atoms with Crippen LogP contribution in [-0.4, -0.2) is 31.4 Å². The first-order valence-electron chi connectivity index (χ1n) is 10.8. The van der Waals surface area contributed by atoms with Crippen LogP contribution < -0.4 is 25.4 Å². The van der Waals surface area contributed by atoms with E-state index in [0.29, 0.717) is 47.2 Å². The number of rotatable bonds is 10. The Kier molecular flexibility index (Phi) is 8.62. The van der Waals surface area contributed by atoms with Crippen molar-refractivity contribution < 1.29 is 23.9 Å². The monoisotopic (exact) mass is 461 g/mol. The molecule has 0 fully saturated rings. The summed E-state index contributed by atoms with van der Waals surface area (Å²) in [4.78, 5) is 35.8. The second-order valence-corrected chi connectivity index (χ2v) is 7.44. The average molecular weight is 462 g/mol. The van der Waals surface area contributed by atoms with E-state index < -0.39 is 0 Å². The number of nitrogens with one attached hydrogen (secondary N) is 3. The fourth-order valence-electron chi connectivity index (χ4n) is 3.10. The van der Waals surface area contributed by atoms with Gasteiger partial charge in [-0.05, 0) is 67.9 Å². The molecule has 3 aromatic carbocycles. The first kappa shape index (κ1) is 24.3. The van der Waals surface area contributed by atoms with E-state index in [-0.39, 0.29) is 24.1 Å². The second-order valence-electron chi connectivity index (χ2n) is 7.44. The molecule has 0 spiro atoms. The number of benzene rings is 3. The first-order chi connectivity index (χ1) is 16.4. The van der Waals surface area contributed by atoms with Crippen LogP contribution in [0.15, 0.2) is 72.8 Å². The van der Waals surface area contributed by atoms with E-state index in [1.165, 1.54) is 14.0 Å². The molecule has 0 saturated heterocycles. The van der Waals surface area contributed by atoms with Gasteiger partial charge in [-0.2, -0.15) is 0 Å². The number of urea groups is 1. The van der Waals surface area contributed by atoms with Crippen LogP contribution in [0.25, 0.3) is 0 Å². The molecule has 0 unspecified atom stereocenters. The largest absolute Gasteiger partial charge is 0.493 e. The molecule has 176 valence electrons. The minimum absolute atomic E-state index is 0.0548. The third kappa shape index (κ3) is 7.37. The normalized spacial score (nSPS) is 10.2. The SMILES string of the molecule is COc1cc(C(C)=O)ccc1OCCCC(=O)Nc1ccc(NC(=O)Nc2ccccc2)cc1. The molecule has 0 aliphatic rings. The summed E-state index contributed by atoms with van der Waals surface area (Å²) < 4.78 is 11.0. The lowest BCUT2D eigenvalue weighted by atomic mass is 10.1. The van der Waals surface area contributed by atoms with Gasteiger partial charge in [-0.3, -0.25) is 9.59 Å². The molecule has 3 rings (SSSR count). The molecule has 0 aliphatic carbocycles. The van der Waals surface area contributed by atoms with E-state index in [1.807, 2.05) is 18.2 Å². The highest BCUT2D eigenvalue weighted by Crippen LogP contribution is 2.28. The van der Waals surface area contributed by atoms with Crippen LogP contribution in [0.2, 0.25) is 0 Å². The van der Waals surface area contributed by atoms with Crippen molar-refractivity contribution in [2.75, 3.05) is 29.7 Å². The fourth-order valence-corrected chi connectivity index (χ4v) is 3.10. The van der Waals surface area contributed by atoms with Gasteiger partial charge in [0.1, 0.15) is 0 Å². The van der Waals surface area contributed by atoms with Crippen LogP contribution in [0, 0.1) is 0 Å². The Balaban J connectivity index is 1.40. The number of amides is 3. The number of carbonyl (C=O) groups excluding carboxylic acids is 3. The van der Waals surface area contributed by atoms with E-state index in [4.69, 9.17) is 9.47 Å².